The fourth-order valence-electron chi connectivity index (χ4n) is 3.10. The molecule has 1 fully saturated rings. The third-order valence-corrected chi connectivity index (χ3v) is 4.55. The number of fused-ring (bicyclic) bond motifs is 1. The molecule has 0 aromatic heterocycles. The Morgan fingerprint density at radius 3 is 2.67 bits per heavy atom. The van der Waals surface area contributed by atoms with E-state index in [1.54, 1.807) is 0 Å². The van der Waals surface area contributed by atoms with Crippen LogP contribution < -0.4 is 5.73 Å². The monoisotopic (exact) mass is 243 g/mol. The van der Waals surface area contributed by atoms with Gasteiger partial charge in [-0.3, -0.25) is 4.99 Å². The number of benzene rings is 1. The van der Waals surface area contributed by atoms with E-state index in [9.17, 15) is 0 Å². The molecule has 3 rings (SSSR count). The molecule has 2 N–H and O–H groups in total. The maximum Gasteiger partial charge on any atom is 0.0665 e. The first-order chi connectivity index (χ1) is 8.73. The zero-order chi connectivity index (χ0) is 12.6. The maximum absolute atomic E-state index is 6.10. The van der Waals surface area contributed by atoms with Gasteiger partial charge in [-0.2, -0.15) is 0 Å². The molecule has 0 spiro atoms. The molecule has 2 aliphatic heterocycles. The van der Waals surface area contributed by atoms with Gasteiger partial charge in [-0.25, -0.2) is 0 Å². The smallest absolute Gasteiger partial charge is 0.0665 e. The van der Waals surface area contributed by atoms with Gasteiger partial charge in [0, 0.05) is 24.1 Å². The van der Waals surface area contributed by atoms with E-state index in [1.807, 2.05) is 0 Å². The number of nitrogens with two attached hydrogens (primary N) is 1. The molecule has 0 saturated carbocycles. The number of piperidine rings is 1. The second-order valence-electron chi connectivity index (χ2n) is 5.65. The van der Waals surface area contributed by atoms with Crippen LogP contribution >= 0.6 is 0 Å². The van der Waals surface area contributed by atoms with Gasteiger partial charge in [0.15, 0.2) is 0 Å². The fourth-order valence-corrected chi connectivity index (χ4v) is 3.10. The molecule has 3 heteroatoms. The summed E-state index contributed by atoms with van der Waals surface area (Å²) in [4.78, 5) is 7.25. The molecular formula is C15H21N3. The molecule has 1 saturated heterocycles. The van der Waals surface area contributed by atoms with E-state index in [0.717, 1.165) is 44.6 Å². The minimum Gasteiger partial charge on any atom is -0.330 e. The predicted octanol–water partition coefficient (Wildman–Crippen LogP) is 1.99. The number of nitrogens with zero attached hydrogens (tertiary/aromatic N) is 2. The van der Waals surface area contributed by atoms with Crippen molar-refractivity contribution in [1.29, 1.82) is 0 Å². The van der Waals surface area contributed by atoms with Crippen molar-refractivity contribution >= 4 is 11.4 Å². The van der Waals surface area contributed by atoms with E-state index in [2.05, 4.69) is 36.2 Å². The standard InChI is InChI=1S/C15H21N3/c1-18-8-6-15(11-16,7-9-18)14-10-12-4-2-3-5-13(12)17-14/h2-5H,6-11,16H2,1H3. The van der Waals surface area contributed by atoms with Crippen molar-refractivity contribution in [2.24, 2.45) is 16.1 Å². The number of hydrogen-bond acceptors (Lipinski definition) is 3. The Morgan fingerprint density at radius 1 is 1.28 bits per heavy atom. The minimum atomic E-state index is 0.144. The van der Waals surface area contributed by atoms with Crippen LogP contribution in [0.5, 0.6) is 0 Å². The van der Waals surface area contributed by atoms with Crippen LogP contribution in [0.1, 0.15) is 18.4 Å². The highest BCUT2D eigenvalue weighted by atomic mass is 15.1. The molecule has 0 amide bonds. The zero-order valence-corrected chi connectivity index (χ0v) is 11.0. The Hall–Kier alpha value is -1.19. The predicted molar refractivity (Wildman–Crippen MR) is 75.5 cm³/mol. The lowest BCUT2D eigenvalue weighted by molar-refractivity contribution is 0.184. The number of likely N-dealkylation sites (tertiary alicyclic amines) is 1. The van der Waals surface area contributed by atoms with E-state index in [-0.39, 0.29) is 5.41 Å². The van der Waals surface area contributed by atoms with E-state index in [4.69, 9.17) is 10.7 Å². The van der Waals surface area contributed by atoms with Crippen LogP contribution in [0.3, 0.4) is 0 Å². The summed E-state index contributed by atoms with van der Waals surface area (Å²) >= 11 is 0. The SMILES string of the molecule is CN1CCC(CN)(C2=Nc3ccccc3C2)CC1. The first-order valence-electron chi connectivity index (χ1n) is 6.78. The van der Waals surface area contributed by atoms with Crippen LogP contribution in [0, 0.1) is 5.41 Å². The van der Waals surface area contributed by atoms with Crippen molar-refractivity contribution in [3.05, 3.63) is 29.8 Å². The fraction of sp³-hybridized carbons (Fsp3) is 0.533. The molecule has 0 radical (unpaired) electrons. The number of aliphatic imine (C=N–C) groups is 1. The molecule has 96 valence electrons. The zero-order valence-electron chi connectivity index (χ0n) is 11.0. The highest BCUT2D eigenvalue weighted by Gasteiger charge is 2.38. The Labute approximate surface area is 109 Å². The molecule has 18 heavy (non-hydrogen) atoms. The second-order valence-corrected chi connectivity index (χ2v) is 5.65. The Morgan fingerprint density at radius 2 is 2.00 bits per heavy atom. The largest absolute Gasteiger partial charge is 0.330 e. The van der Waals surface area contributed by atoms with Gasteiger partial charge >= 0.3 is 0 Å². The lowest BCUT2D eigenvalue weighted by atomic mass is 9.73. The van der Waals surface area contributed by atoms with Crippen LogP contribution in [0.4, 0.5) is 5.69 Å². The summed E-state index contributed by atoms with van der Waals surface area (Å²) in [6.45, 7) is 2.99. The second kappa shape index (κ2) is 4.48. The van der Waals surface area contributed by atoms with E-state index < -0.39 is 0 Å². The highest BCUT2D eigenvalue weighted by molar-refractivity contribution is 5.98. The van der Waals surface area contributed by atoms with Crippen molar-refractivity contribution in [2.75, 3.05) is 26.7 Å². The van der Waals surface area contributed by atoms with Gasteiger partial charge in [0.05, 0.1) is 5.69 Å². The summed E-state index contributed by atoms with van der Waals surface area (Å²) in [6, 6.07) is 8.46. The molecule has 2 aliphatic rings. The summed E-state index contributed by atoms with van der Waals surface area (Å²) < 4.78 is 0. The van der Waals surface area contributed by atoms with Gasteiger partial charge < -0.3 is 10.6 Å². The summed E-state index contributed by atoms with van der Waals surface area (Å²) in [6.07, 6.45) is 3.29. The summed E-state index contributed by atoms with van der Waals surface area (Å²) in [5, 5.41) is 0. The first-order valence-corrected chi connectivity index (χ1v) is 6.78. The van der Waals surface area contributed by atoms with Gasteiger partial charge in [-0.15, -0.1) is 0 Å². The Bertz CT molecular complexity index is 470. The summed E-state index contributed by atoms with van der Waals surface area (Å²) in [5.41, 5.74) is 10.1. The molecule has 1 aromatic rings. The van der Waals surface area contributed by atoms with Crippen molar-refractivity contribution in [2.45, 2.75) is 19.3 Å². The summed E-state index contributed by atoms with van der Waals surface area (Å²) in [5.74, 6) is 0. The molecule has 0 atom stereocenters. The van der Waals surface area contributed by atoms with Crippen molar-refractivity contribution < 1.29 is 0 Å². The van der Waals surface area contributed by atoms with E-state index in [1.165, 1.54) is 11.3 Å². The van der Waals surface area contributed by atoms with Gasteiger partial charge in [0.1, 0.15) is 0 Å². The third kappa shape index (κ3) is 1.88. The molecule has 0 aliphatic carbocycles. The Balaban J connectivity index is 1.87. The lowest BCUT2D eigenvalue weighted by Crippen LogP contribution is -2.47. The minimum absolute atomic E-state index is 0.144. The van der Waals surface area contributed by atoms with E-state index >= 15 is 0 Å². The molecule has 1 aromatic carbocycles. The molecule has 0 bridgehead atoms. The number of rotatable bonds is 2. The third-order valence-electron chi connectivity index (χ3n) is 4.55. The average molecular weight is 243 g/mol. The average Bonchev–Trinajstić information content (AvgIpc) is 2.84. The van der Waals surface area contributed by atoms with Gasteiger partial charge in [0.25, 0.3) is 0 Å². The van der Waals surface area contributed by atoms with Crippen LogP contribution in [-0.4, -0.2) is 37.3 Å². The lowest BCUT2D eigenvalue weighted by Gasteiger charge is -2.40. The summed E-state index contributed by atoms with van der Waals surface area (Å²) in [7, 11) is 2.19. The number of hydrogen-bond donors (Lipinski definition) is 1. The molecule has 0 unspecified atom stereocenters. The van der Waals surface area contributed by atoms with Gasteiger partial charge in [-0.1, -0.05) is 18.2 Å². The maximum atomic E-state index is 6.10. The van der Waals surface area contributed by atoms with Crippen LogP contribution in [-0.2, 0) is 6.42 Å². The topological polar surface area (TPSA) is 41.6 Å². The normalized spacial score (nSPS) is 22.7. The van der Waals surface area contributed by atoms with Crippen molar-refractivity contribution in [3.8, 4) is 0 Å². The number of para-hydroxylation sites is 1. The first kappa shape index (κ1) is 11.9. The Kier molecular flexibility index (Phi) is 2.96. The molecule has 2 heterocycles. The van der Waals surface area contributed by atoms with E-state index in [0.29, 0.717) is 0 Å². The molecule has 3 nitrogen and oxygen atoms in total. The molecular weight excluding hydrogens is 222 g/mol. The van der Waals surface area contributed by atoms with Crippen LogP contribution in [0.25, 0.3) is 0 Å². The van der Waals surface area contributed by atoms with Crippen LogP contribution in [0.2, 0.25) is 0 Å². The quantitative estimate of drug-likeness (QED) is 0.863. The van der Waals surface area contributed by atoms with Crippen molar-refractivity contribution in [3.63, 3.8) is 0 Å². The van der Waals surface area contributed by atoms with Crippen LogP contribution in [0.15, 0.2) is 29.3 Å². The van der Waals surface area contributed by atoms with Gasteiger partial charge in [0.2, 0.25) is 0 Å². The highest BCUT2D eigenvalue weighted by Crippen LogP contribution is 2.38. The van der Waals surface area contributed by atoms with Crippen molar-refractivity contribution in [1.82, 2.24) is 4.90 Å². The van der Waals surface area contributed by atoms with Gasteiger partial charge in [-0.05, 0) is 44.6 Å².